The number of esters is 1. The first-order valence-electron chi connectivity index (χ1n) is 9.30. The van der Waals surface area contributed by atoms with Crippen LogP contribution < -0.4 is 10.6 Å². The van der Waals surface area contributed by atoms with Gasteiger partial charge in [0.05, 0.1) is 0 Å². The van der Waals surface area contributed by atoms with Crippen LogP contribution in [0, 0.1) is 0 Å². The minimum Gasteiger partial charge on any atom is -0.451 e. The Labute approximate surface area is 164 Å². The third-order valence-corrected chi connectivity index (χ3v) is 4.77. The monoisotopic (exact) mass is 389 g/mol. The molecule has 1 fully saturated rings. The smallest absolute Gasteiger partial charge is 0.327 e. The molecule has 2 rings (SSSR count). The lowest BCUT2D eigenvalue weighted by atomic mass is 9.97. The molecule has 28 heavy (non-hydrogen) atoms. The van der Waals surface area contributed by atoms with Crippen molar-refractivity contribution < 1.29 is 23.9 Å². The van der Waals surface area contributed by atoms with Crippen molar-refractivity contribution in [1.82, 2.24) is 10.2 Å². The van der Waals surface area contributed by atoms with Gasteiger partial charge in [0.25, 0.3) is 11.8 Å². The molecule has 1 aliphatic heterocycles. The zero-order chi connectivity index (χ0) is 21.1. The average Bonchev–Trinajstić information content (AvgIpc) is 2.83. The largest absolute Gasteiger partial charge is 0.451 e. The van der Waals surface area contributed by atoms with Crippen molar-refractivity contribution in [2.75, 3.05) is 11.9 Å². The predicted molar refractivity (Wildman–Crippen MR) is 104 cm³/mol. The normalized spacial score (nSPS) is 17.7. The summed E-state index contributed by atoms with van der Waals surface area (Å²) in [5.41, 5.74) is 0.596. The van der Waals surface area contributed by atoms with Gasteiger partial charge in [0.2, 0.25) is 0 Å². The molecule has 4 amide bonds. The van der Waals surface area contributed by atoms with E-state index in [4.69, 9.17) is 4.74 Å². The molecule has 0 radical (unpaired) electrons. The number of nitrogens with one attached hydrogen (secondary N) is 2. The maximum atomic E-state index is 12.4. The quantitative estimate of drug-likeness (QED) is 0.550. The van der Waals surface area contributed by atoms with Crippen LogP contribution >= 0.6 is 0 Å². The number of amides is 4. The molecule has 0 saturated carbocycles. The third-order valence-electron chi connectivity index (χ3n) is 4.77. The number of hydrogen-bond acceptors (Lipinski definition) is 5. The van der Waals surface area contributed by atoms with Gasteiger partial charge in [-0.2, -0.15) is 0 Å². The average molecular weight is 389 g/mol. The topological polar surface area (TPSA) is 105 Å². The van der Waals surface area contributed by atoms with Crippen LogP contribution in [0.15, 0.2) is 24.3 Å². The fourth-order valence-corrected chi connectivity index (χ4v) is 2.87. The number of imide groups is 1. The fourth-order valence-electron chi connectivity index (χ4n) is 2.87. The number of nitrogens with zero attached hydrogens (tertiary/aromatic N) is 1. The Morgan fingerprint density at radius 2 is 1.86 bits per heavy atom. The van der Waals surface area contributed by atoms with Gasteiger partial charge in [0.1, 0.15) is 12.1 Å². The summed E-state index contributed by atoms with van der Waals surface area (Å²) in [5.74, 6) is -1.58. The molecule has 0 spiro atoms. The highest BCUT2D eigenvalue weighted by Crippen LogP contribution is 2.26. The summed E-state index contributed by atoms with van der Waals surface area (Å²) in [7, 11) is 0. The van der Waals surface area contributed by atoms with E-state index < -0.39 is 42.0 Å². The molecule has 0 unspecified atom stereocenters. The lowest BCUT2D eigenvalue weighted by Crippen LogP contribution is -2.42. The van der Waals surface area contributed by atoms with Crippen LogP contribution in [0.2, 0.25) is 0 Å². The van der Waals surface area contributed by atoms with Crippen molar-refractivity contribution in [3.8, 4) is 0 Å². The number of anilines is 1. The zero-order valence-electron chi connectivity index (χ0n) is 16.9. The molecule has 8 nitrogen and oxygen atoms in total. The van der Waals surface area contributed by atoms with Crippen molar-refractivity contribution in [3.63, 3.8) is 0 Å². The van der Waals surface area contributed by atoms with Crippen LogP contribution in [0.3, 0.4) is 0 Å². The van der Waals surface area contributed by atoms with E-state index in [1.54, 1.807) is 19.9 Å². The Morgan fingerprint density at radius 1 is 1.21 bits per heavy atom. The number of ether oxygens (including phenoxy) is 1. The summed E-state index contributed by atoms with van der Waals surface area (Å²) in [6.07, 6.45) is -0.161. The van der Waals surface area contributed by atoms with Crippen molar-refractivity contribution in [1.29, 1.82) is 0 Å². The van der Waals surface area contributed by atoms with E-state index in [2.05, 4.69) is 24.5 Å². The second kappa shape index (κ2) is 8.41. The summed E-state index contributed by atoms with van der Waals surface area (Å²) < 4.78 is 5.11. The molecule has 2 atom stereocenters. The first-order chi connectivity index (χ1) is 13.1. The minimum absolute atomic E-state index is 0.261. The van der Waals surface area contributed by atoms with Gasteiger partial charge in [0.15, 0.2) is 6.10 Å². The Balaban J connectivity index is 1.97. The van der Waals surface area contributed by atoms with Crippen LogP contribution in [0.4, 0.5) is 10.5 Å². The molecule has 1 heterocycles. The fraction of sp³-hybridized carbons (Fsp3) is 0.500. The third kappa shape index (κ3) is 4.68. The number of hydrogen-bond donors (Lipinski definition) is 2. The number of benzene rings is 1. The summed E-state index contributed by atoms with van der Waals surface area (Å²) in [5, 5.41) is 5.26. The van der Waals surface area contributed by atoms with Gasteiger partial charge in [-0.05, 0) is 44.7 Å². The maximum absolute atomic E-state index is 12.4. The Bertz CT molecular complexity index is 790. The van der Waals surface area contributed by atoms with Crippen LogP contribution in [0.1, 0.15) is 52.5 Å². The molecular formula is C20H27N3O5. The SMILES string of the molecule is CC[C@@H](C)c1ccccc1NC(=O)[C@H](C)OC(=O)CN1C(=O)NC(C)(C)C1=O. The Kier molecular flexibility index (Phi) is 6.43. The van der Waals surface area contributed by atoms with Crippen molar-refractivity contribution >= 4 is 29.5 Å². The maximum Gasteiger partial charge on any atom is 0.327 e. The van der Waals surface area contributed by atoms with Gasteiger partial charge >= 0.3 is 12.0 Å². The summed E-state index contributed by atoms with van der Waals surface area (Å²) in [4.78, 5) is 49.3. The van der Waals surface area contributed by atoms with Crippen LogP contribution in [0.5, 0.6) is 0 Å². The van der Waals surface area contributed by atoms with E-state index in [1.165, 1.54) is 6.92 Å². The second-order valence-electron chi connectivity index (χ2n) is 7.46. The molecule has 2 N–H and O–H groups in total. The summed E-state index contributed by atoms with van der Waals surface area (Å²) in [6, 6.07) is 6.80. The molecule has 152 valence electrons. The Hall–Kier alpha value is -2.90. The lowest BCUT2D eigenvalue weighted by molar-refractivity contribution is -0.155. The molecule has 0 aliphatic carbocycles. The molecule has 0 bridgehead atoms. The highest BCUT2D eigenvalue weighted by molar-refractivity contribution is 6.08. The molecule has 8 heteroatoms. The zero-order valence-corrected chi connectivity index (χ0v) is 16.9. The van der Waals surface area contributed by atoms with E-state index in [1.807, 2.05) is 18.2 Å². The number of para-hydroxylation sites is 1. The molecule has 1 aliphatic rings. The lowest BCUT2D eigenvalue weighted by Gasteiger charge is -2.19. The van der Waals surface area contributed by atoms with Crippen molar-refractivity contribution in [3.05, 3.63) is 29.8 Å². The number of carbonyl (C=O) groups excluding carboxylic acids is 4. The Morgan fingerprint density at radius 3 is 2.43 bits per heavy atom. The summed E-state index contributed by atoms with van der Waals surface area (Å²) in [6.45, 7) is 8.11. The van der Waals surface area contributed by atoms with Crippen molar-refractivity contribution in [2.24, 2.45) is 0 Å². The van der Waals surface area contributed by atoms with Gasteiger partial charge in [-0.25, -0.2) is 4.79 Å². The molecule has 1 saturated heterocycles. The molecular weight excluding hydrogens is 362 g/mol. The standard InChI is InChI=1S/C20H27N3O5/c1-6-12(2)14-9-7-8-10-15(14)21-17(25)13(3)28-16(24)11-23-18(26)20(4,5)22-19(23)27/h7-10,12-13H,6,11H2,1-5H3,(H,21,25)(H,22,27)/t12-,13+/m1/s1. The minimum atomic E-state index is -1.08. The summed E-state index contributed by atoms with van der Waals surface area (Å²) >= 11 is 0. The van der Waals surface area contributed by atoms with Crippen molar-refractivity contribution in [2.45, 2.75) is 58.6 Å². The molecule has 1 aromatic carbocycles. The van der Waals surface area contributed by atoms with Gasteiger partial charge in [0, 0.05) is 5.69 Å². The highest BCUT2D eigenvalue weighted by Gasteiger charge is 2.45. The van der Waals surface area contributed by atoms with Gasteiger partial charge in [-0.1, -0.05) is 32.0 Å². The van der Waals surface area contributed by atoms with Crippen LogP contribution in [-0.4, -0.2) is 46.9 Å². The van der Waals surface area contributed by atoms with E-state index in [0.717, 1.165) is 16.9 Å². The van der Waals surface area contributed by atoms with Gasteiger partial charge < -0.3 is 15.4 Å². The van der Waals surface area contributed by atoms with Gasteiger partial charge in [-0.15, -0.1) is 0 Å². The molecule has 1 aromatic rings. The van der Waals surface area contributed by atoms with Crippen LogP contribution in [-0.2, 0) is 19.1 Å². The van der Waals surface area contributed by atoms with E-state index in [9.17, 15) is 19.2 Å². The van der Waals surface area contributed by atoms with Gasteiger partial charge in [-0.3, -0.25) is 19.3 Å². The number of rotatable bonds is 7. The number of urea groups is 1. The highest BCUT2D eigenvalue weighted by atomic mass is 16.5. The van der Waals surface area contributed by atoms with E-state index in [-0.39, 0.29) is 5.92 Å². The first kappa shape index (κ1) is 21.4. The molecule has 0 aromatic heterocycles. The second-order valence-corrected chi connectivity index (χ2v) is 7.46. The van der Waals surface area contributed by atoms with E-state index in [0.29, 0.717) is 5.69 Å². The first-order valence-corrected chi connectivity index (χ1v) is 9.30. The van der Waals surface area contributed by atoms with E-state index >= 15 is 0 Å². The number of carbonyl (C=O) groups is 4. The van der Waals surface area contributed by atoms with Crippen LogP contribution in [0.25, 0.3) is 0 Å². The predicted octanol–water partition coefficient (Wildman–Crippen LogP) is 2.40.